The number of rotatable bonds is 6. The maximum Gasteiger partial charge on any atom is 0.195 e. The molecule has 0 spiro atoms. The molecule has 1 unspecified atom stereocenters. The Morgan fingerprint density at radius 2 is 1.83 bits per heavy atom. The van der Waals surface area contributed by atoms with E-state index >= 15 is 0 Å². The van der Waals surface area contributed by atoms with Gasteiger partial charge in [0.25, 0.3) is 0 Å². The summed E-state index contributed by atoms with van der Waals surface area (Å²) in [4.78, 5) is 16.8. The average molecular weight is 395 g/mol. The Kier molecular flexibility index (Phi) is 4.84. The Hall–Kier alpha value is -2.83. The number of ether oxygens (including phenoxy) is 2. The second kappa shape index (κ2) is 7.21. The number of ketones is 1. The lowest BCUT2D eigenvalue weighted by molar-refractivity contribution is 0.0535. The fourth-order valence-electron chi connectivity index (χ4n) is 3.98. The van der Waals surface area contributed by atoms with Gasteiger partial charge in [0, 0.05) is 28.1 Å². The summed E-state index contributed by atoms with van der Waals surface area (Å²) in [5, 5.41) is 19.4. The van der Waals surface area contributed by atoms with Gasteiger partial charge in [0.2, 0.25) is 0 Å². The number of nitrogens with one attached hydrogen (secondary N) is 1. The van der Waals surface area contributed by atoms with Crippen LogP contribution in [0, 0.1) is 0 Å². The van der Waals surface area contributed by atoms with Gasteiger partial charge in [-0.2, -0.15) is 0 Å². The number of carbonyl (C=O) groups excluding carboxylic acids is 1. The van der Waals surface area contributed by atoms with E-state index in [4.69, 9.17) is 14.6 Å². The van der Waals surface area contributed by atoms with Crippen molar-refractivity contribution in [3.05, 3.63) is 58.8 Å². The second-order valence-corrected chi connectivity index (χ2v) is 7.82. The minimum atomic E-state index is -0.944. The molecule has 0 aliphatic heterocycles. The number of aromatic nitrogens is 1. The van der Waals surface area contributed by atoms with Gasteiger partial charge < -0.3 is 24.7 Å². The first-order valence-electron chi connectivity index (χ1n) is 9.76. The molecule has 0 radical (unpaired) electrons. The Balaban J connectivity index is 1.79. The summed E-state index contributed by atoms with van der Waals surface area (Å²) < 4.78 is 11.2. The number of aliphatic hydroxyl groups excluding tert-OH is 2. The van der Waals surface area contributed by atoms with Crippen LogP contribution in [0.5, 0.6) is 11.5 Å². The Morgan fingerprint density at radius 1 is 1.10 bits per heavy atom. The van der Waals surface area contributed by atoms with Gasteiger partial charge in [-0.25, -0.2) is 0 Å². The molecule has 1 heterocycles. The smallest absolute Gasteiger partial charge is 0.195 e. The molecule has 2 aromatic carbocycles. The van der Waals surface area contributed by atoms with Crippen LogP contribution < -0.4 is 9.47 Å². The molecular weight excluding hydrogens is 370 g/mol. The van der Waals surface area contributed by atoms with Crippen molar-refractivity contribution in [3.8, 4) is 11.5 Å². The Bertz CT molecular complexity index is 1080. The van der Waals surface area contributed by atoms with Gasteiger partial charge in [-0.05, 0) is 42.8 Å². The molecule has 0 saturated carbocycles. The average Bonchev–Trinajstić information content (AvgIpc) is 3.10. The first kappa shape index (κ1) is 19.5. The maximum absolute atomic E-state index is 13.3. The zero-order chi connectivity index (χ0) is 20.8. The molecule has 0 fully saturated rings. The first-order chi connectivity index (χ1) is 13.9. The van der Waals surface area contributed by atoms with E-state index in [0.717, 1.165) is 27.9 Å². The zero-order valence-corrected chi connectivity index (χ0v) is 16.8. The highest BCUT2D eigenvalue weighted by atomic mass is 16.5. The van der Waals surface area contributed by atoms with E-state index in [1.54, 1.807) is 12.1 Å². The highest BCUT2D eigenvalue weighted by molar-refractivity contribution is 6.20. The van der Waals surface area contributed by atoms with E-state index in [9.17, 15) is 9.90 Å². The van der Waals surface area contributed by atoms with Gasteiger partial charge in [-0.3, -0.25) is 4.79 Å². The van der Waals surface area contributed by atoms with Crippen LogP contribution in [0.15, 0.2) is 36.4 Å². The lowest BCUT2D eigenvalue weighted by Crippen LogP contribution is -2.30. The van der Waals surface area contributed by atoms with Crippen molar-refractivity contribution in [2.75, 3.05) is 19.8 Å². The molecule has 1 aromatic heterocycles. The summed E-state index contributed by atoms with van der Waals surface area (Å²) in [6, 6.07) is 11.1. The summed E-state index contributed by atoms with van der Waals surface area (Å²) in [6.07, 6.45) is -0.944. The summed E-state index contributed by atoms with van der Waals surface area (Å²) in [6.45, 7) is 6.28. The molecule has 4 rings (SSSR count). The number of H-pyrrole nitrogens is 1. The van der Waals surface area contributed by atoms with Crippen LogP contribution in [0.2, 0.25) is 0 Å². The molecule has 6 heteroatoms. The van der Waals surface area contributed by atoms with Crippen molar-refractivity contribution in [2.45, 2.75) is 32.3 Å². The highest BCUT2D eigenvalue weighted by Crippen LogP contribution is 2.45. The fraction of sp³-hybridized carbons (Fsp3) is 0.348. The molecule has 3 aromatic rings. The largest absolute Gasteiger partial charge is 0.494 e. The highest BCUT2D eigenvalue weighted by Gasteiger charge is 2.39. The summed E-state index contributed by atoms with van der Waals surface area (Å²) in [5.74, 6) is 1.29. The van der Waals surface area contributed by atoms with Gasteiger partial charge in [-0.15, -0.1) is 0 Å². The molecular formula is C23H25NO5. The van der Waals surface area contributed by atoms with E-state index < -0.39 is 11.5 Å². The van der Waals surface area contributed by atoms with E-state index in [1.165, 1.54) is 0 Å². The molecule has 1 aliphatic carbocycles. The lowest BCUT2D eigenvalue weighted by Gasteiger charge is -2.32. The van der Waals surface area contributed by atoms with E-state index in [0.29, 0.717) is 23.5 Å². The Morgan fingerprint density at radius 3 is 2.55 bits per heavy atom. The zero-order valence-electron chi connectivity index (χ0n) is 16.8. The van der Waals surface area contributed by atoms with Crippen molar-refractivity contribution < 1.29 is 24.5 Å². The van der Waals surface area contributed by atoms with Gasteiger partial charge in [0.15, 0.2) is 5.78 Å². The van der Waals surface area contributed by atoms with Gasteiger partial charge in [0.1, 0.15) is 24.2 Å². The molecule has 0 saturated heterocycles. The molecule has 3 N–H and O–H groups in total. The van der Waals surface area contributed by atoms with Crippen LogP contribution in [-0.2, 0) is 5.41 Å². The summed E-state index contributed by atoms with van der Waals surface area (Å²) in [5.41, 5.74) is 3.50. The van der Waals surface area contributed by atoms with E-state index in [1.807, 2.05) is 31.2 Å². The molecule has 0 bridgehead atoms. The standard InChI is InChI=1S/C23H25NO5/c1-4-28-15-6-8-17-19(10-15)24-22-20(17)21(27)16-7-5-14(29-12-13(26)11-25)9-18(16)23(22,2)3/h5-10,13,24-26H,4,11-12H2,1-3H3. The minimum Gasteiger partial charge on any atom is -0.494 e. The van der Waals surface area contributed by atoms with Crippen molar-refractivity contribution in [1.29, 1.82) is 0 Å². The Labute approximate surface area is 169 Å². The lowest BCUT2D eigenvalue weighted by atomic mass is 9.71. The normalized spacial score (nSPS) is 15.7. The molecule has 29 heavy (non-hydrogen) atoms. The maximum atomic E-state index is 13.3. The third-order valence-electron chi connectivity index (χ3n) is 5.50. The van der Waals surface area contributed by atoms with Crippen molar-refractivity contribution >= 4 is 16.7 Å². The molecule has 0 amide bonds. The number of fused-ring (bicyclic) bond motifs is 4. The topological polar surface area (TPSA) is 91.8 Å². The van der Waals surface area contributed by atoms with Crippen LogP contribution in [0.3, 0.4) is 0 Å². The van der Waals surface area contributed by atoms with Gasteiger partial charge >= 0.3 is 0 Å². The third kappa shape index (κ3) is 3.18. The van der Waals surface area contributed by atoms with Crippen LogP contribution >= 0.6 is 0 Å². The number of benzene rings is 2. The molecule has 6 nitrogen and oxygen atoms in total. The third-order valence-corrected chi connectivity index (χ3v) is 5.50. The molecule has 1 aliphatic rings. The van der Waals surface area contributed by atoms with Crippen molar-refractivity contribution in [3.63, 3.8) is 0 Å². The number of aliphatic hydroxyl groups is 2. The summed E-state index contributed by atoms with van der Waals surface area (Å²) in [7, 11) is 0. The second-order valence-electron chi connectivity index (χ2n) is 7.82. The number of aromatic amines is 1. The van der Waals surface area contributed by atoms with Crippen molar-refractivity contribution in [2.24, 2.45) is 0 Å². The minimum absolute atomic E-state index is 0.0124. The number of hydrogen-bond acceptors (Lipinski definition) is 5. The van der Waals surface area contributed by atoms with Gasteiger partial charge in [0.05, 0.1) is 24.3 Å². The quantitative estimate of drug-likeness (QED) is 0.596. The van der Waals surface area contributed by atoms with E-state index in [-0.39, 0.29) is 19.0 Å². The van der Waals surface area contributed by atoms with Gasteiger partial charge in [-0.1, -0.05) is 13.8 Å². The fourth-order valence-corrected chi connectivity index (χ4v) is 3.98. The van der Waals surface area contributed by atoms with Crippen molar-refractivity contribution in [1.82, 2.24) is 4.98 Å². The number of hydrogen-bond donors (Lipinski definition) is 3. The van der Waals surface area contributed by atoms with Crippen LogP contribution in [-0.4, -0.2) is 46.9 Å². The van der Waals surface area contributed by atoms with E-state index in [2.05, 4.69) is 18.8 Å². The first-order valence-corrected chi connectivity index (χ1v) is 9.76. The van der Waals surface area contributed by atoms with Crippen LogP contribution in [0.1, 0.15) is 48.0 Å². The molecule has 1 atom stereocenters. The molecule has 152 valence electrons. The van der Waals surface area contributed by atoms with Crippen LogP contribution in [0.25, 0.3) is 10.9 Å². The monoisotopic (exact) mass is 395 g/mol. The SMILES string of the molecule is CCOc1ccc2c3c([nH]c2c1)C(C)(C)c1cc(OCC(O)CO)ccc1C3=O. The predicted molar refractivity (Wildman–Crippen MR) is 110 cm³/mol. The predicted octanol–water partition coefficient (Wildman–Crippen LogP) is 3.17. The number of carbonyl (C=O) groups is 1. The summed E-state index contributed by atoms with van der Waals surface area (Å²) >= 11 is 0. The van der Waals surface area contributed by atoms with Crippen LogP contribution in [0.4, 0.5) is 0 Å².